The SMILES string of the molecule is C=CC(=O)Nc1ccc2c(c1)c(CC)cn2-c1nc(Nc2cnn(C)c2)ncc1C. The Morgan fingerprint density at radius 3 is 2.77 bits per heavy atom. The van der Waals surface area contributed by atoms with E-state index in [4.69, 9.17) is 4.98 Å². The number of amides is 1. The van der Waals surface area contributed by atoms with Crippen LogP contribution in [0.1, 0.15) is 18.1 Å². The number of aryl methyl sites for hydroxylation is 3. The average Bonchev–Trinajstić information content (AvgIpc) is 3.32. The smallest absolute Gasteiger partial charge is 0.247 e. The first-order valence-electron chi connectivity index (χ1n) is 9.65. The fourth-order valence-electron chi connectivity index (χ4n) is 3.38. The zero-order chi connectivity index (χ0) is 21.3. The van der Waals surface area contributed by atoms with E-state index in [1.807, 2.05) is 38.4 Å². The van der Waals surface area contributed by atoms with E-state index in [9.17, 15) is 4.79 Å². The third-order valence-electron chi connectivity index (χ3n) is 4.86. The molecule has 8 heteroatoms. The van der Waals surface area contributed by atoms with Crippen LogP contribution in [-0.2, 0) is 18.3 Å². The highest BCUT2D eigenvalue weighted by Gasteiger charge is 2.14. The predicted octanol–water partition coefficient (Wildman–Crippen LogP) is 3.89. The quantitative estimate of drug-likeness (QED) is 0.479. The maximum Gasteiger partial charge on any atom is 0.247 e. The Hall–Kier alpha value is -3.94. The summed E-state index contributed by atoms with van der Waals surface area (Å²) in [6, 6.07) is 5.85. The molecule has 0 saturated carbocycles. The zero-order valence-electron chi connectivity index (χ0n) is 17.2. The third kappa shape index (κ3) is 3.67. The van der Waals surface area contributed by atoms with E-state index in [1.165, 1.54) is 11.6 Å². The van der Waals surface area contributed by atoms with Gasteiger partial charge < -0.3 is 15.2 Å². The minimum atomic E-state index is -0.232. The molecule has 4 aromatic rings. The standard InChI is InChI=1S/C22H23N7O/c1-5-15-12-29(19-8-7-16(9-18(15)19)25-20(30)6-2)21-14(3)10-23-22(27-21)26-17-11-24-28(4)13-17/h6-13H,2,5H2,1,3-4H3,(H,25,30)(H,23,26,27). The summed E-state index contributed by atoms with van der Waals surface area (Å²) in [5, 5.41) is 11.2. The number of hydrogen-bond donors (Lipinski definition) is 2. The van der Waals surface area contributed by atoms with Crippen LogP contribution in [0.2, 0.25) is 0 Å². The van der Waals surface area contributed by atoms with Gasteiger partial charge in [0.1, 0.15) is 5.82 Å². The molecule has 3 aromatic heterocycles. The first-order valence-corrected chi connectivity index (χ1v) is 9.65. The van der Waals surface area contributed by atoms with Gasteiger partial charge in [-0.25, -0.2) is 4.98 Å². The molecule has 30 heavy (non-hydrogen) atoms. The second kappa shape index (κ2) is 7.82. The lowest BCUT2D eigenvalue weighted by Crippen LogP contribution is -2.07. The van der Waals surface area contributed by atoms with Gasteiger partial charge in [-0.3, -0.25) is 9.48 Å². The molecule has 0 radical (unpaired) electrons. The summed E-state index contributed by atoms with van der Waals surface area (Å²) < 4.78 is 3.78. The number of carbonyl (C=O) groups excluding carboxylic acids is 1. The van der Waals surface area contributed by atoms with Gasteiger partial charge in [0, 0.05) is 42.3 Å². The van der Waals surface area contributed by atoms with Gasteiger partial charge in [0.15, 0.2) is 0 Å². The molecule has 0 aliphatic heterocycles. The van der Waals surface area contributed by atoms with Gasteiger partial charge in [0.05, 0.1) is 17.4 Å². The van der Waals surface area contributed by atoms with Crippen LogP contribution in [0.3, 0.4) is 0 Å². The van der Waals surface area contributed by atoms with E-state index in [-0.39, 0.29) is 5.91 Å². The minimum absolute atomic E-state index is 0.232. The van der Waals surface area contributed by atoms with Gasteiger partial charge in [-0.15, -0.1) is 0 Å². The average molecular weight is 401 g/mol. The molecular formula is C22H23N7O. The van der Waals surface area contributed by atoms with Crippen LogP contribution in [0.4, 0.5) is 17.3 Å². The van der Waals surface area contributed by atoms with Gasteiger partial charge in [-0.05, 0) is 43.2 Å². The molecule has 1 aromatic carbocycles. The predicted molar refractivity (Wildman–Crippen MR) is 118 cm³/mol. The van der Waals surface area contributed by atoms with Crippen LogP contribution >= 0.6 is 0 Å². The second-order valence-corrected chi connectivity index (χ2v) is 7.03. The van der Waals surface area contributed by atoms with E-state index in [2.05, 4.69) is 45.0 Å². The van der Waals surface area contributed by atoms with Crippen molar-refractivity contribution in [3.05, 3.63) is 66.8 Å². The lowest BCUT2D eigenvalue weighted by Gasteiger charge is -2.10. The van der Waals surface area contributed by atoms with Gasteiger partial charge in [-0.2, -0.15) is 10.1 Å². The molecule has 8 nitrogen and oxygen atoms in total. The number of nitrogens with one attached hydrogen (secondary N) is 2. The highest BCUT2D eigenvalue weighted by molar-refractivity contribution is 6.00. The minimum Gasteiger partial charge on any atom is -0.323 e. The first kappa shape index (κ1) is 19.4. The van der Waals surface area contributed by atoms with Crippen molar-refractivity contribution < 1.29 is 4.79 Å². The van der Waals surface area contributed by atoms with Crippen molar-refractivity contribution >= 4 is 34.1 Å². The van der Waals surface area contributed by atoms with Crippen molar-refractivity contribution in [2.45, 2.75) is 20.3 Å². The highest BCUT2D eigenvalue weighted by Crippen LogP contribution is 2.29. The molecule has 0 atom stereocenters. The zero-order valence-corrected chi connectivity index (χ0v) is 17.2. The van der Waals surface area contributed by atoms with Crippen molar-refractivity contribution in [2.24, 2.45) is 7.05 Å². The summed E-state index contributed by atoms with van der Waals surface area (Å²) in [6.45, 7) is 7.60. The van der Waals surface area contributed by atoms with E-state index in [0.29, 0.717) is 5.95 Å². The lowest BCUT2D eigenvalue weighted by atomic mass is 10.1. The Morgan fingerprint density at radius 2 is 2.07 bits per heavy atom. The van der Waals surface area contributed by atoms with Gasteiger partial charge in [0.25, 0.3) is 0 Å². The fraction of sp³-hybridized carbons (Fsp3) is 0.182. The molecule has 0 bridgehead atoms. The second-order valence-electron chi connectivity index (χ2n) is 7.03. The van der Waals surface area contributed by atoms with Crippen LogP contribution < -0.4 is 10.6 Å². The molecule has 4 rings (SSSR count). The first-order chi connectivity index (χ1) is 14.5. The number of fused-ring (bicyclic) bond motifs is 1. The molecule has 0 fully saturated rings. The third-order valence-corrected chi connectivity index (χ3v) is 4.86. The van der Waals surface area contributed by atoms with Crippen LogP contribution in [0, 0.1) is 6.92 Å². The van der Waals surface area contributed by atoms with Crippen molar-refractivity contribution in [1.82, 2.24) is 24.3 Å². The molecular weight excluding hydrogens is 378 g/mol. The maximum absolute atomic E-state index is 11.7. The summed E-state index contributed by atoms with van der Waals surface area (Å²) in [5.74, 6) is 1.06. The van der Waals surface area contributed by atoms with Gasteiger partial charge in [0.2, 0.25) is 11.9 Å². The Bertz CT molecular complexity index is 1250. The Labute approximate surface area is 174 Å². The van der Waals surface area contributed by atoms with E-state index in [0.717, 1.165) is 40.1 Å². The number of nitrogens with zero attached hydrogens (tertiary/aromatic N) is 5. The van der Waals surface area contributed by atoms with Gasteiger partial charge >= 0.3 is 0 Å². The van der Waals surface area contributed by atoms with Crippen molar-refractivity contribution in [1.29, 1.82) is 0 Å². The van der Waals surface area contributed by atoms with E-state index < -0.39 is 0 Å². The van der Waals surface area contributed by atoms with Crippen LogP contribution in [-0.4, -0.2) is 30.2 Å². The van der Waals surface area contributed by atoms with Crippen LogP contribution in [0.5, 0.6) is 0 Å². The highest BCUT2D eigenvalue weighted by atomic mass is 16.1. The topological polar surface area (TPSA) is 89.7 Å². The molecule has 0 unspecified atom stereocenters. The van der Waals surface area contributed by atoms with Crippen molar-refractivity contribution in [2.75, 3.05) is 10.6 Å². The number of carbonyl (C=O) groups is 1. The molecule has 0 spiro atoms. The molecule has 0 saturated heterocycles. The normalized spacial score (nSPS) is 10.9. The number of anilines is 3. The van der Waals surface area contributed by atoms with Crippen LogP contribution in [0.25, 0.3) is 16.7 Å². The van der Waals surface area contributed by atoms with Crippen LogP contribution in [0.15, 0.2) is 55.6 Å². The summed E-state index contributed by atoms with van der Waals surface area (Å²) >= 11 is 0. The molecule has 3 heterocycles. The Morgan fingerprint density at radius 1 is 1.23 bits per heavy atom. The van der Waals surface area contributed by atoms with E-state index in [1.54, 1.807) is 17.1 Å². The monoisotopic (exact) mass is 401 g/mol. The number of hydrogen-bond acceptors (Lipinski definition) is 5. The Kier molecular flexibility index (Phi) is 5.05. The van der Waals surface area contributed by atoms with Gasteiger partial charge in [-0.1, -0.05) is 13.5 Å². The number of aromatic nitrogens is 5. The number of benzene rings is 1. The summed E-state index contributed by atoms with van der Waals surface area (Å²) in [5.41, 5.74) is 4.69. The van der Waals surface area contributed by atoms with Crippen molar-refractivity contribution in [3.8, 4) is 5.82 Å². The lowest BCUT2D eigenvalue weighted by molar-refractivity contribution is -0.111. The number of rotatable bonds is 6. The molecule has 0 aliphatic rings. The Balaban J connectivity index is 1.77. The summed E-state index contributed by atoms with van der Waals surface area (Å²) in [6.07, 6.45) is 9.60. The summed E-state index contributed by atoms with van der Waals surface area (Å²) in [7, 11) is 1.86. The molecule has 0 aliphatic carbocycles. The largest absolute Gasteiger partial charge is 0.323 e. The molecule has 2 N–H and O–H groups in total. The summed E-state index contributed by atoms with van der Waals surface area (Å²) in [4.78, 5) is 20.8. The fourth-order valence-corrected chi connectivity index (χ4v) is 3.38. The van der Waals surface area contributed by atoms with Crippen molar-refractivity contribution in [3.63, 3.8) is 0 Å². The maximum atomic E-state index is 11.7. The molecule has 1 amide bonds. The molecule has 152 valence electrons. The van der Waals surface area contributed by atoms with E-state index >= 15 is 0 Å².